The Balaban J connectivity index is 3.06. The van der Waals surface area contributed by atoms with E-state index in [1.807, 2.05) is 6.08 Å². The fourth-order valence-corrected chi connectivity index (χ4v) is 1.22. The Kier molecular flexibility index (Phi) is 11.0. The second kappa shape index (κ2) is 11.5. The average molecular weight is 179 g/mol. The maximum atomic E-state index is 3.15. The van der Waals surface area contributed by atoms with Crippen molar-refractivity contribution >= 4 is 0 Å². The van der Waals surface area contributed by atoms with E-state index in [1.54, 1.807) is 0 Å². The molecule has 0 heterocycles. The van der Waals surface area contributed by atoms with Crippen LogP contribution in [0.5, 0.6) is 0 Å². The van der Waals surface area contributed by atoms with Gasteiger partial charge < -0.3 is 0 Å². The maximum absolute atomic E-state index is 3.15. The van der Waals surface area contributed by atoms with Gasteiger partial charge in [0, 0.05) is 0 Å². The van der Waals surface area contributed by atoms with Gasteiger partial charge in [-0.1, -0.05) is 57.8 Å². The SMILES string of the molecule is CC/[C]=C\C=C\CCCCCCC. The predicted octanol–water partition coefficient (Wildman–Crippen LogP) is 4.67. The van der Waals surface area contributed by atoms with Crippen molar-refractivity contribution in [3.63, 3.8) is 0 Å². The lowest BCUT2D eigenvalue weighted by Gasteiger charge is -1.95. The summed E-state index contributed by atoms with van der Waals surface area (Å²) < 4.78 is 0. The van der Waals surface area contributed by atoms with Crippen LogP contribution >= 0.6 is 0 Å². The quantitative estimate of drug-likeness (QED) is 0.375. The smallest absolute Gasteiger partial charge is 0.0305 e. The molecular formula is C13H23. The van der Waals surface area contributed by atoms with Crippen molar-refractivity contribution in [2.75, 3.05) is 0 Å². The second-order valence-corrected chi connectivity index (χ2v) is 3.36. The first-order valence-electron chi connectivity index (χ1n) is 5.63. The minimum Gasteiger partial charge on any atom is -0.0845 e. The largest absolute Gasteiger partial charge is 0.0845 e. The molecule has 0 aromatic rings. The van der Waals surface area contributed by atoms with E-state index in [0.29, 0.717) is 0 Å². The van der Waals surface area contributed by atoms with Gasteiger partial charge in [-0.2, -0.15) is 0 Å². The van der Waals surface area contributed by atoms with E-state index in [2.05, 4.69) is 32.1 Å². The summed E-state index contributed by atoms with van der Waals surface area (Å²) in [6.45, 7) is 4.36. The highest BCUT2D eigenvalue weighted by Gasteiger charge is 1.85. The normalized spacial score (nSPS) is 11.8. The summed E-state index contributed by atoms with van der Waals surface area (Å²) in [6.07, 6.45) is 18.6. The molecule has 0 amide bonds. The first-order chi connectivity index (χ1) is 6.41. The maximum Gasteiger partial charge on any atom is -0.0305 e. The summed E-state index contributed by atoms with van der Waals surface area (Å²) in [5.74, 6) is 0. The monoisotopic (exact) mass is 179 g/mol. The molecule has 0 saturated heterocycles. The molecule has 0 rings (SSSR count). The summed E-state index contributed by atoms with van der Waals surface area (Å²) in [5, 5.41) is 0. The highest BCUT2D eigenvalue weighted by Crippen LogP contribution is 2.05. The Morgan fingerprint density at radius 1 is 1.00 bits per heavy atom. The molecule has 0 aliphatic heterocycles. The number of rotatable bonds is 8. The Morgan fingerprint density at radius 3 is 2.46 bits per heavy atom. The van der Waals surface area contributed by atoms with Crippen LogP contribution in [0, 0.1) is 6.08 Å². The van der Waals surface area contributed by atoms with Gasteiger partial charge in [0.05, 0.1) is 0 Å². The Morgan fingerprint density at radius 2 is 1.77 bits per heavy atom. The Bertz CT molecular complexity index is 131. The minimum absolute atomic E-state index is 1.01. The molecule has 0 aliphatic carbocycles. The molecule has 13 heavy (non-hydrogen) atoms. The zero-order valence-electron chi connectivity index (χ0n) is 9.18. The van der Waals surface area contributed by atoms with Gasteiger partial charge in [0.25, 0.3) is 0 Å². The number of unbranched alkanes of at least 4 members (excludes halogenated alkanes) is 5. The van der Waals surface area contributed by atoms with E-state index in [-0.39, 0.29) is 0 Å². The van der Waals surface area contributed by atoms with E-state index >= 15 is 0 Å². The van der Waals surface area contributed by atoms with Crippen LogP contribution in [0.1, 0.15) is 58.8 Å². The van der Waals surface area contributed by atoms with Gasteiger partial charge in [0.1, 0.15) is 0 Å². The second-order valence-electron chi connectivity index (χ2n) is 3.36. The van der Waals surface area contributed by atoms with Gasteiger partial charge in [0.2, 0.25) is 0 Å². The lowest BCUT2D eigenvalue weighted by molar-refractivity contribution is 0.637. The molecule has 0 unspecified atom stereocenters. The van der Waals surface area contributed by atoms with E-state index in [0.717, 1.165) is 6.42 Å². The van der Waals surface area contributed by atoms with Crippen molar-refractivity contribution in [3.05, 3.63) is 24.3 Å². The molecule has 0 bridgehead atoms. The molecule has 0 fully saturated rings. The highest BCUT2D eigenvalue weighted by atomic mass is 13.9. The van der Waals surface area contributed by atoms with Crippen molar-refractivity contribution in [1.29, 1.82) is 0 Å². The van der Waals surface area contributed by atoms with Crippen LogP contribution in [0.25, 0.3) is 0 Å². The Labute approximate surface area is 83.7 Å². The lowest BCUT2D eigenvalue weighted by atomic mass is 10.1. The van der Waals surface area contributed by atoms with Crippen LogP contribution < -0.4 is 0 Å². The van der Waals surface area contributed by atoms with Crippen molar-refractivity contribution in [2.24, 2.45) is 0 Å². The average Bonchev–Trinajstić information content (AvgIpc) is 2.16. The van der Waals surface area contributed by atoms with Crippen molar-refractivity contribution in [2.45, 2.75) is 58.8 Å². The lowest BCUT2D eigenvalue weighted by Crippen LogP contribution is -1.75. The van der Waals surface area contributed by atoms with E-state index in [1.165, 1.54) is 38.5 Å². The molecule has 0 saturated carbocycles. The fraction of sp³-hybridized carbons (Fsp3) is 0.692. The van der Waals surface area contributed by atoms with Gasteiger partial charge in [-0.15, -0.1) is 0 Å². The van der Waals surface area contributed by atoms with Gasteiger partial charge in [0.15, 0.2) is 0 Å². The van der Waals surface area contributed by atoms with Crippen LogP contribution in [-0.4, -0.2) is 0 Å². The molecule has 0 spiro atoms. The van der Waals surface area contributed by atoms with Crippen molar-refractivity contribution in [1.82, 2.24) is 0 Å². The highest BCUT2D eigenvalue weighted by molar-refractivity contribution is 4.98. The van der Waals surface area contributed by atoms with Gasteiger partial charge in [-0.05, 0) is 25.3 Å². The fourth-order valence-electron chi connectivity index (χ4n) is 1.22. The molecule has 0 N–H and O–H groups in total. The summed E-state index contributed by atoms with van der Waals surface area (Å²) >= 11 is 0. The molecular weight excluding hydrogens is 156 g/mol. The van der Waals surface area contributed by atoms with Crippen LogP contribution in [0.2, 0.25) is 0 Å². The molecule has 0 heteroatoms. The number of allylic oxidation sites excluding steroid dienone is 4. The molecule has 75 valence electrons. The number of hydrogen-bond acceptors (Lipinski definition) is 0. The van der Waals surface area contributed by atoms with E-state index < -0.39 is 0 Å². The third-order valence-electron chi connectivity index (χ3n) is 2.03. The van der Waals surface area contributed by atoms with E-state index in [4.69, 9.17) is 0 Å². The standard InChI is InChI=1S/C13H23/c1-3-5-7-9-11-13-12-10-8-6-4-2/h8,10,12H,3-5,7,9,11,13H2,1-2H3/b8-6?,12-10+. The van der Waals surface area contributed by atoms with Crippen LogP contribution in [0.3, 0.4) is 0 Å². The zero-order chi connectivity index (χ0) is 9.78. The van der Waals surface area contributed by atoms with Crippen LogP contribution in [0.4, 0.5) is 0 Å². The van der Waals surface area contributed by atoms with Crippen molar-refractivity contribution in [3.8, 4) is 0 Å². The molecule has 0 aromatic heterocycles. The molecule has 0 aromatic carbocycles. The summed E-state index contributed by atoms with van der Waals surface area (Å²) in [4.78, 5) is 0. The van der Waals surface area contributed by atoms with Gasteiger partial charge >= 0.3 is 0 Å². The first kappa shape index (κ1) is 12.5. The first-order valence-corrected chi connectivity index (χ1v) is 5.63. The third kappa shape index (κ3) is 11.5. The summed E-state index contributed by atoms with van der Waals surface area (Å²) in [7, 11) is 0. The minimum atomic E-state index is 1.01. The topological polar surface area (TPSA) is 0 Å². The summed E-state index contributed by atoms with van der Waals surface area (Å²) in [5.41, 5.74) is 0. The van der Waals surface area contributed by atoms with Gasteiger partial charge in [-0.25, -0.2) is 0 Å². The van der Waals surface area contributed by atoms with Crippen LogP contribution in [0.15, 0.2) is 18.2 Å². The Hall–Kier alpha value is -0.520. The summed E-state index contributed by atoms with van der Waals surface area (Å²) in [6, 6.07) is 0. The van der Waals surface area contributed by atoms with Crippen LogP contribution in [-0.2, 0) is 0 Å². The molecule has 0 aliphatic rings. The molecule has 1 radical (unpaired) electrons. The van der Waals surface area contributed by atoms with Gasteiger partial charge in [-0.3, -0.25) is 0 Å². The molecule has 0 nitrogen and oxygen atoms in total. The zero-order valence-corrected chi connectivity index (χ0v) is 9.18. The number of hydrogen-bond donors (Lipinski definition) is 0. The van der Waals surface area contributed by atoms with E-state index in [9.17, 15) is 0 Å². The molecule has 0 atom stereocenters. The van der Waals surface area contributed by atoms with Crippen molar-refractivity contribution < 1.29 is 0 Å². The third-order valence-corrected chi connectivity index (χ3v) is 2.03. The predicted molar refractivity (Wildman–Crippen MR) is 60.6 cm³/mol.